The van der Waals surface area contributed by atoms with Gasteiger partial charge >= 0.3 is 0 Å². The van der Waals surface area contributed by atoms with E-state index in [9.17, 15) is 0 Å². The van der Waals surface area contributed by atoms with Crippen molar-refractivity contribution in [1.82, 2.24) is 4.90 Å². The second kappa shape index (κ2) is 14.0. The number of likely N-dealkylation sites (N-methyl/N-ethyl adjacent to an activating group) is 1. The van der Waals surface area contributed by atoms with E-state index in [1.807, 2.05) is 86.9 Å². The van der Waals surface area contributed by atoms with Gasteiger partial charge in [-0.15, -0.1) is 0 Å². The van der Waals surface area contributed by atoms with Crippen molar-refractivity contribution in [3.63, 3.8) is 0 Å². The van der Waals surface area contributed by atoms with Crippen LogP contribution in [-0.2, 0) is 13.2 Å². The first-order valence-electron chi connectivity index (χ1n) is 15.0. The Bertz CT molecular complexity index is 1620. The van der Waals surface area contributed by atoms with Crippen LogP contribution in [0.15, 0.2) is 127 Å². The topological polar surface area (TPSA) is 43.4 Å². The number of hydrogen-bond acceptors (Lipinski definition) is 6. The molecule has 0 fully saturated rings. The summed E-state index contributed by atoms with van der Waals surface area (Å²) < 4.78 is 24.7. The fraction of sp³-hybridized carbons (Fsp3) is 0.211. The van der Waals surface area contributed by atoms with Crippen LogP contribution in [0.3, 0.4) is 0 Å². The molecule has 0 bridgehead atoms. The van der Waals surface area contributed by atoms with Gasteiger partial charge in [0.15, 0.2) is 0 Å². The molecule has 0 radical (unpaired) electrons. The van der Waals surface area contributed by atoms with Gasteiger partial charge in [-0.05, 0) is 67.2 Å². The van der Waals surface area contributed by atoms with Crippen LogP contribution in [0.4, 0.5) is 11.4 Å². The molecule has 0 aromatic heterocycles. The highest BCUT2D eigenvalue weighted by molar-refractivity contribution is 5.74. The van der Waals surface area contributed by atoms with Gasteiger partial charge in [0.1, 0.15) is 49.4 Å². The summed E-state index contributed by atoms with van der Waals surface area (Å²) >= 11 is 0. The van der Waals surface area contributed by atoms with E-state index in [1.54, 1.807) is 0 Å². The van der Waals surface area contributed by atoms with Gasteiger partial charge in [0.25, 0.3) is 0 Å². The second-order valence-electron chi connectivity index (χ2n) is 11.1. The van der Waals surface area contributed by atoms with E-state index in [4.69, 9.17) is 18.9 Å². The van der Waals surface area contributed by atoms with E-state index in [0.29, 0.717) is 26.4 Å². The van der Waals surface area contributed by atoms with Crippen molar-refractivity contribution in [2.24, 2.45) is 0 Å². The average Bonchev–Trinajstić information content (AvgIpc) is 3.07. The molecule has 1 aliphatic heterocycles. The maximum Gasteiger partial charge on any atom is 0.146 e. The monoisotopic (exact) mass is 586 g/mol. The van der Waals surface area contributed by atoms with Crippen molar-refractivity contribution < 1.29 is 18.9 Å². The van der Waals surface area contributed by atoms with Crippen LogP contribution in [0.2, 0.25) is 0 Å². The van der Waals surface area contributed by atoms with E-state index < -0.39 is 0 Å². The minimum absolute atomic E-state index is 0.0567. The van der Waals surface area contributed by atoms with Crippen LogP contribution in [0.25, 0.3) is 0 Å². The van der Waals surface area contributed by atoms with Gasteiger partial charge in [-0.25, -0.2) is 0 Å². The summed E-state index contributed by atoms with van der Waals surface area (Å²) in [6.07, 6.45) is 0. The maximum absolute atomic E-state index is 6.40. The lowest BCUT2D eigenvalue weighted by molar-refractivity contribution is 0.260. The molecular formula is C38H38N2O4. The van der Waals surface area contributed by atoms with E-state index >= 15 is 0 Å². The van der Waals surface area contributed by atoms with Gasteiger partial charge in [-0.3, -0.25) is 0 Å². The number of anilines is 2. The summed E-state index contributed by atoms with van der Waals surface area (Å²) in [7, 11) is 4.09. The number of nitrogens with zero attached hydrogens (tertiary/aromatic N) is 2. The number of rotatable bonds is 12. The molecule has 0 saturated carbocycles. The van der Waals surface area contributed by atoms with Crippen molar-refractivity contribution in [3.05, 3.63) is 144 Å². The Balaban J connectivity index is 1.26. The van der Waals surface area contributed by atoms with E-state index in [2.05, 4.69) is 64.4 Å². The normalized spacial score (nSPS) is 14.1. The van der Waals surface area contributed by atoms with Crippen LogP contribution in [0.5, 0.6) is 23.0 Å². The molecule has 1 aliphatic rings. The van der Waals surface area contributed by atoms with Gasteiger partial charge in [0.2, 0.25) is 0 Å². The maximum atomic E-state index is 6.40. The quantitative estimate of drug-likeness (QED) is 0.147. The molecule has 1 atom stereocenters. The summed E-state index contributed by atoms with van der Waals surface area (Å²) in [6.45, 7) is 2.97. The zero-order valence-corrected chi connectivity index (χ0v) is 25.3. The first-order valence-corrected chi connectivity index (χ1v) is 15.0. The molecule has 0 amide bonds. The Labute approximate surface area is 260 Å². The Morgan fingerprint density at radius 1 is 0.659 bits per heavy atom. The predicted octanol–water partition coefficient (Wildman–Crippen LogP) is 8.06. The molecule has 6 heteroatoms. The summed E-state index contributed by atoms with van der Waals surface area (Å²) in [4.78, 5) is 4.45. The third-order valence-electron chi connectivity index (χ3n) is 7.56. The zero-order chi connectivity index (χ0) is 30.1. The molecule has 1 heterocycles. The molecule has 6 nitrogen and oxygen atoms in total. The van der Waals surface area contributed by atoms with Crippen LogP contribution in [0, 0.1) is 0 Å². The fourth-order valence-corrected chi connectivity index (χ4v) is 5.21. The smallest absolute Gasteiger partial charge is 0.146 e. The van der Waals surface area contributed by atoms with Crippen LogP contribution < -0.4 is 23.8 Å². The van der Waals surface area contributed by atoms with Crippen molar-refractivity contribution in [2.75, 3.05) is 38.8 Å². The lowest BCUT2D eigenvalue weighted by Gasteiger charge is -2.39. The molecule has 0 unspecified atom stereocenters. The van der Waals surface area contributed by atoms with Gasteiger partial charge in [0.05, 0.1) is 11.7 Å². The minimum atomic E-state index is -0.0567. The standard InChI is InChI=1S/C38H38N2O4/c1-39(2)22-23-41-34-15-9-14-32(24-34)40-36-21-20-35(43-27-30-12-7-4-8-13-30)25-38(36)44-28-37(40)31-16-18-33(19-17-31)42-26-29-10-5-3-6-11-29/h3-21,24-25,37H,22-23,26-28H2,1-2H3/t37-/m0/s1. The first-order chi connectivity index (χ1) is 21.6. The summed E-state index contributed by atoms with van der Waals surface area (Å²) in [5.74, 6) is 3.22. The molecule has 5 aromatic rings. The lowest BCUT2D eigenvalue weighted by atomic mass is 10.0. The lowest BCUT2D eigenvalue weighted by Crippen LogP contribution is -2.33. The highest BCUT2D eigenvalue weighted by atomic mass is 16.5. The van der Waals surface area contributed by atoms with E-state index in [0.717, 1.165) is 57.6 Å². The van der Waals surface area contributed by atoms with Crippen LogP contribution >= 0.6 is 0 Å². The highest BCUT2D eigenvalue weighted by Gasteiger charge is 2.31. The van der Waals surface area contributed by atoms with Crippen molar-refractivity contribution in [3.8, 4) is 23.0 Å². The Morgan fingerprint density at radius 3 is 1.98 bits per heavy atom. The highest BCUT2D eigenvalue weighted by Crippen LogP contribution is 2.46. The predicted molar refractivity (Wildman–Crippen MR) is 175 cm³/mol. The molecule has 0 saturated heterocycles. The van der Waals surface area contributed by atoms with E-state index in [-0.39, 0.29) is 6.04 Å². The number of benzene rings is 5. The van der Waals surface area contributed by atoms with Crippen LogP contribution in [-0.4, -0.2) is 38.8 Å². The second-order valence-corrected chi connectivity index (χ2v) is 11.1. The fourth-order valence-electron chi connectivity index (χ4n) is 5.21. The van der Waals surface area contributed by atoms with Crippen LogP contribution in [0.1, 0.15) is 22.7 Å². The molecule has 5 aromatic carbocycles. The van der Waals surface area contributed by atoms with Gasteiger partial charge in [-0.1, -0.05) is 78.9 Å². The molecule has 6 rings (SSSR count). The number of fused-ring (bicyclic) bond motifs is 1. The van der Waals surface area contributed by atoms with Gasteiger partial charge in [0, 0.05) is 24.4 Å². The summed E-state index contributed by atoms with van der Waals surface area (Å²) in [6, 6.07) is 43.0. The first kappa shape index (κ1) is 29.1. The Morgan fingerprint density at radius 2 is 1.30 bits per heavy atom. The van der Waals surface area contributed by atoms with Crippen molar-refractivity contribution in [2.45, 2.75) is 19.3 Å². The SMILES string of the molecule is CN(C)CCOc1cccc(N2c3ccc(OCc4ccccc4)cc3OC[C@H]2c2ccc(OCc3ccccc3)cc2)c1. The number of hydrogen-bond donors (Lipinski definition) is 0. The third-order valence-corrected chi connectivity index (χ3v) is 7.56. The zero-order valence-electron chi connectivity index (χ0n) is 25.3. The molecule has 0 aliphatic carbocycles. The Kier molecular flexibility index (Phi) is 9.29. The van der Waals surface area contributed by atoms with Gasteiger partial charge < -0.3 is 28.7 Å². The Hall–Kier alpha value is -4.94. The largest absolute Gasteiger partial charge is 0.492 e. The summed E-state index contributed by atoms with van der Waals surface area (Å²) in [5.41, 5.74) is 5.40. The van der Waals surface area contributed by atoms with Crippen molar-refractivity contribution in [1.29, 1.82) is 0 Å². The third kappa shape index (κ3) is 7.33. The number of ether oxygens (including phenoxy) is 4. The van der Waals surface area contributed by atoms with E-state index in [1.165, 1.54) is 0 Å². The van der Waals surface area contributed by atoms with Crippen molar-refractivity contribution >= 4 is 11.4 Å². The molecule has 224 valence electrons. The average molecular weight is 587 g/mol. The van der Waals surface area contributed by atoms with Gasteiger partial charge in [-0.2, -0.15) is 0 Å². The molecule has 44 heavy (non-hydrogen) atoms. The molecule has 0 N–H and O–H groups in total. The minimum Gasteiger partial charge on any atom is -0.492 e. The molecular weight excluding hydrogens is 548 g/mol. The summed E-state index contributed by atoms with van der Waals surface area (Å²) in [5, 5.41) is 0. The molecule has 0 spiro atoms.